The number of aromatic nitrogens is 2. The summed E-state index contributed by atoms with van der Waals surface area (Å²) in [5.41, 5.74) is 3.18. The Morgan fingerprint density at radius 1 is 1.35 bits per heavy atom. The molecule has 2 fully saturated rings. The van der Waals surface area contributed by atoms with E-state index in [1.165, 1.54) is 32.1 Å². The van der Waals surface area contributed by atoms with Crippen molar-refractivity contribution in [1.82, 2.24) is 9.97 Å². The number of nitrogens with two attached hydrogens (primary N) is 1. The van der Waals surface area contributed by atoms with Crippen LogP contribution in [-0.2, 0) is 0 Å². The highest BCUT2D eigenvalue weighted by molar-refractivity contribution is 5.49. The third-order valence-corrected chi connectivity index (χ3v) is 4.97. The summed E-state index contributed by atoms with van der Waals surface area (Å²) >= 11 is 0. The first-order valence-corrected chi connectivity index (χ1v) is 7.74. The first-order chi connectivity index (χ1) is 9.63. The second-order valence-corrected chi connectivity index (χ2v) is 6.54. The van der Waals surface area contributed by atoms with E-state index >= 15 is 0 Å². The second-order valence-electron chi connectivity index (χ2n) is 6.54. The molecule has 1 saturated carbocycles. The molecule has 3 rings (SSSR count). The summed E-state index contributed by atoms with van der Waals surface area (Å²) in [4.78, 5) is 11.6. The fourth-order valence-electron chi connectivity index (χ4n) is 2.84. The largest absolute Gasteiger partial charge is 0.356 e. The molecule has 0 aromatic carbocycles. The van der Waals surface area contributed by atoms with E-state index in [2.05, 4.69) is 29.2 Å². The van der Waals surface area contributed by atoms with Crippen LogP contribution in [0.5, 0.6) is 0 Å². The second kappa shape index (κ2) is 5.20. The predicted octanol–water partition coefficient (Wildman–Crippen LogP) is 2.66. The lowest BCUT2D eigenvalue weighted by atomic mass is 9.78. The average molecular weight is 275 g/mol. The van der Waals surface area contributed by atoms with Crippen LogP contribution in [0.1, 0.15) is 57.7 Å². The van der Waals surface area contributed by atoms with E-state index in [0.717, 1.165) is 30.5 Å². The quantitative estimate of drug-likeness (QED) is 0.653. The van der Waals surface area contributed by atoms with Crippen molar-refractivity contribution in [1.29, 1.82) is 0 Å². The Hall–Kier alpha value is -1.36. The van der Waals surface area contributed by atoms with Crippen LogP contribution in [0.2, 0.25) is 0 Å². The Morgan fingerprint density at radius 3 is 2.60 bits per heavy atom. The van der Waals surface area contributed by atoms with Gasteiger partial charge in [0.15, 0.2) is 0 Å². The van der Waals surface area contributed by atoms with Crippen LogP contribution in [0.4, 0.5) is 11.6 Å². The van der Waals surface area contributed by atoms with Crippen LogP contribution in [-0.4, -0.2) is 23.1 Å². The van der Waals surface area contributed by atoms with Crippen molar-refractivity contribution in [3.63, 3.8) is 0 Å². The van der Waals surface area contributed by atoms with Crippen molar-refractivity contribution in [3.05, 3.63) is 11.9 Å². The van der Waals surface area contributed by atoms with Gasteiger partial charge in [-0.15, -0.1) is 0 Å². The number of anilines is 2. The monoisotopic (exact) mass is 275 g/mol. The number of piperidine rings is 1. The van der Waals surface area contributed by atoms with Gasteiger partial charge in [0.2, 0.25) is 0 Å². The molecule has 0 radical (unpaired) electrons. The number of nitrogens with one attached hydrogen (secondary N) is 1. The van der Waals surface area contributed by atoms with Gasteiger partial charge in [-0.05, 0) is 31.1 Å². The summed E-state index contributed by atoms with van der Waals surface area (Å²) in [7, 11) is 0. The molecule has 2 heterocycles. The number of hydrogen-bond donors (Lipinski definition) is 2. The molecule has 5 nitrogen and oxygen atoms in total. The van der Waals surface area contributed by atoms with Gasteiger partial charge in [-0.1, -0.05) is 20.3 Å². The van der Waals surface area contributed by atoms with Crippen molar-refractivity contribution >= 4 is 11.6 Å². The number of nitrogen functional groups attached to an aromatic ring is 1. The molecule has 20 heavy (non-hydrogen) atoms. The smallest absolute Gasteiger partial charge is 0.145 e. The molecule has 1 aliphatic carbocycles. The van der Waals surface area contributed by atoms with Crippen LogP contribution >= 0.6 is 0 Å². The van der Waals surface area contributed by atoms with E-state index in [-0.39, 0.29) is 0 Å². The molecule has 3 N–H and O–H groups in total. The fourth-order valence-corrected chi connectivity index (χ4v) is 2.84. The van der Waals surface area contributed by atoms with Crippen LogP contribution in [0.15, 0.2) is 6.07 Å². The van der Waals surface area contributed by atoms with Crippen molar-refractivity contribution in [2.24, 2.45) is 11.3 Å². The van der Waals surface area contributed by atoms with Gasteiger partial charge in [-0.3, -0.25) is 0 Å². The van der Waals surface area contributed by atoms with Crippen LogP contribution < -0.4 is 16.2 Å². The highest BCUT2D eigenvalue weighted by Crippen LogP contribution is 2.40. The van der Waals surface area contributed by atoms with Gasteiger partial charge in [-0.25, -0.2) is 15.8 Å². The lowest BCUT2D eigenvalue weighted by Gasteiger charge is -2.39. The van der Waals surface area contributed by atoms with Crippen molar-refractivity contribution in [3.8, 4) is 0 Å². The molecule has 0 spiro atoms. The molecule has 2 aliphatic rings. The van der Waals surface area contributed by atoms with Crippen LogP contribution in [0, 0.1) is 5.41 Å². The lowest BCUT2D eigenvalue weighted by Crippen LogP contribution is -2.39. The van der Waals surface area contributed by atoms with Gasteiger partial charge in [0.25, 0.3) is 0 Å². The minimum Gasteiger partial charge on any atom is -0.356 e. The third-order valence-electron chi connectivity index (χ3n) is 4.97. The Labute approximate surface area is 120 Å². The zero-order valence-electron chi connectivity index (χ0n) is 12.5. The SMILES string of the molecule is CCC1(C)CCN(c2cc(NN)nc(C3CC3)n2)CC1. The maximum absolute atomic E-state index is 5.54. The van der Waals surface area contributed by atoms with Gasteiger partial charge >= 0.3 is 0 Å². The molecule has 0 amide bonds. The maximum atomic E-state index is 5.54. The van der Waals surface area contributed by atoms with E-state index in [1.807, 2.05) is 6.07 Å². The maximum Gasteiger partial charge on any atom is 0.145 e. The van der Waals surface area contributed by atoms with Gasteiger partial charge < -0.3 is 10.3 Å². The highest BCUT2D eigenvalue weighted by Gasteiger charge is 2.31. The summed E-state index contributed by atoms with van der Waals surface area (Å²) < 4.78 is 0. The summed E-state index contributed by atoms with van der Waals surface area (Å²) in [6.45, 7) is 6.85. The topological polar surface area (TPSA) is 67.1 Å². The molecular formula is C15H25N5. The predicted molar refractivity (Wildman–Crippen MR) is 81.7 cm³/mol. The summed E-state index contributed by atoms with van der Waals surface area (Å²) in [6, 6.07) is 1.97. The van der Waals surface area contributed by atoms with E-state index in [0.29, 0.717) is 11.3 Å². The number of hydrazine groups is 1. The fraction of sp³-hybridized carbons (Fsp3) is 0.733. The van der Waals surface area contributed by atoms with Gasteiger partial charge in [0, 0.05) is 25.1 Å². The molecule has 110 valence electrons. The average Bonchev–Trinajstić information content (AvgIpc) is 3.32. The number of nitrogens with zero attached hydrogens (tertiary/aromatic N) is 3. The molecule has 1 aromatic heterocycles. The molecule has 0 unspecified atom stereocenters. The zero-order chi connectivity index (χ0) is 14.2. The number of rotatable bonds is 4. The lowest BCUT2D eigenvalue weighted by molar-refractivity contribution is 0.237. The van der Waals surface area contributed by atoms with E-state index in [4.69, 9.17) is 10.8 Å². The third kappa shape index (κ3) is 2.73. The standard InChI is InChI=1S/C15H25N5/c1-3-15(2)6-8-20(9-7-15)13-10-12(19-16)17-14(18-13)11-4-5-11/h10-11H,3-9,16H2,1-2H3,(H,17,18,19). The first kappa shape index (κ1) is 13.6. The molecule has 5 heteroatoms. The Morgan fingerprint density at radius 2 is 2.05 bits per heavy atom. The van der Waals surface area contributed by atoms with Gasteiger partial charge in [0.1, 0.15) is 17.5 Å². The summed E-state index contributed by atoms with van der Waals surface area (Å²) in [5, 5.41) is 0. The summed E-state index contributed by atoms with van der Waals surface area (Å²) in [6.07, 6.45) is 6.14. The van der Waals surface area contributed by atoms with Crippen molar-refractivity contribution in [2.45, 2.75) is 51.9 Å². The normalized spacial score (nSPS) is 21.9. The molecule has 0 atom stereocenters. The minimum absolute atomic E-state index is 0.498. The Bertz CT molecular complexity index is 475. The molecule has 0 bridgehead atoms. The highest BCUT2D eigenvalue weighted by atomic mass is 15.3. The van der Waals surface area contributed by atoms with E-state index in [9.17, 15) is 0 Å². The Balaban J connectivity index is 1.78. The van der Waals surface area contributed by atoms with Crippen molar-refractivity contribution in [2.75, 3.05) is 23.4 Å². The first-order valence-electron chi connectivity index (χ1n) is 7.74. The Kier molecular flexibility index (Phi) is 3.54. The van der Waals surface area contributed by atoms with Crippen molar-refractivity contribution < 1.29 is 0 Å². The summed E-state index contributed by atoms with van der Waals surface area (Å²) in [5.74, 6) is 8.82. The zero-order valence-corrected chi connectivity index (χ0v) is 12.5. The molecular weight excluding hydrogens is 250 g/mol. The minimum atomic E-state index is 0.498. The van der Waals surface area contributed by atoms with E-state index in [1.54, 1.807) is 0 Å². The van der Waals surface area contributed by atoms with Gasteiger partial charge in [0.05, 0.1) is 0 Å². The van der Waals surface area contributed by atoms with Crippen LogP contribution in [0.25, 0.3) is 0 Å². The molecule has 1 aliphatic heterocycles. The number of hydrogen-bond acceptors (Lipinski definition) is 5. The molecule has 1 saturated heterocycles. The molecule has 1 aromatic rings. The van der Waals surface area contributed by atoms with E-state index < -0.39 is 0 Å². The van der Waals surface area contributed by atoms with Gasteiger partial charge in [-0.2, -0.15) is 0 Å². The van der Waals surface area contributed by atoms with Crippen LogP contribution in [0.3, 0.4) is 0 Å².